The Bertz CT molecular complexity index is 627. The van der Waals surface area contributed by atoms with Crippen molar-refractivity contribution in [3.63, 3.8) is 0 Å². The topological polar surface area (TPSA) is 38.0 Å². The number of rotatable bonds is 4. The number of benzene rings is 2. The molecule has 21 heavy (non-hydrogen) atoms. The summed E-state index contributed by atoms with van der Waals surface area (Å²) in [4.78, 5) is 0. The minimum Gasteiger partial charge on any atom is -0.271 e. The van der Waals surface area contributed by atoms with Crippen LogP contribution in [0.5, 0.6) is 0 Å². The summed E-state index contributed by atoms with van der Waals surface area (Å²) in [5, 5.41) is 0. The zero-order chi connectivity index (χ0) is 15.6. The lowest BCUT2D eigenvalue weighted by atomic mass is 9.91. The molecule has 1 atom stereocenters. The summed E-state index contributed by atoms with van der Waals surface area (Å²) >= 11 is 0. The molecule has 0 radical (unpaired) electrons. The van der Waals surface area contributed by atoms with Gasteiger partial charge in [0.05, 0.1) is 6.04 Å². The van der Waals surface area contributed by atoms with Crippen molar-refractivity contribution in [3.8, 4) is 0 Å². The number of aryl methyl sites for hydroxylation is 4. The Morgan fingerprint density at radius 2 is 1.62 bits per heavy atom. The summed E-state index contributed by atoms with van der Waals surface area (Å²) in [5.41, 5.74) is 9.33. The van der Waals surface area contributed by atoms with Crippen LogP contribution in [0, 0.1) is 33.5 Å². The lowest BCUT2D eigenvalue weighted by Gasteiger charge is -2.20. The molecule has 0 saturated carbocycles. The predicted octanol–water partition coefficient (Wildman–Crippen LogP) is 3.81. The standard InChI is InChI=1S/C18H23FN2/c1-11-5-6-17(19)16(9-11)18(21-20)10-15-13(3)7-12(2)8-14(15)4/h5-9,18,21H,10,20H2,1-4H3. The molecule has 0 saturated heterocycles. The fourth-order valence-electron chi connectivity index (χ4n) is 2.92. The number of halogens is 1. The Labute approximate surface area is 126 Å². The molecule has 0 amide bonds. The van der Waals surface area contributed by atoms with Gasteiger partial charge in [-0.25, -0.2) is 4.39 Å². The summed E-state index contributed by atoms with van der Waals surface area (Å²) in [6.07, 6.45) is 0.675. The largest absolute Gasteiger partial charge is 0.271 e. The second-order valence-corrected chi connectivity index (χ2v) is 5.83. The smallest absolute Gasteiger partial charge is 0.128 e. The molecule has 0 aliphatic carbocycles. The highest BCUT2D eigenvalue weighted by Crippen LogP contribution is 2.26. The molecule has 2 rings (SSSR count). The van der Waals surface area contributed by atoms with Crippen LogP contribution in [0.1, 0.15) is 39.4 Å². The molecule has 0 bridgehead atoms. The molecule has 0 aliphatic heterocycles. The lowest BCUT2D eigenvalue weighted by molar-refractivity contribution is 0.508. The average Bonchev–Trinajstić information content (AvgIpc) is 2.41. The normalized spacial score (nSPS) is 12.5. The van der Waals surface area contributed by atoms with Crippen LogP contribution in [0.25, 0.3) is 0 Å². The third-order valence-corrected chi connectivity index (χ3v) is 3.98. The van der Waals surface area contributed by atoms with Crippen molar-refractivity contribution >= 4 is 0 Å². The van der Waals surface area contributed by atoms with Crippen molar-refractivity contribution < 1.29 is 4.39 Å². The maximum absolute atomic E-state index is 14.1. The lowest BCUT2D eigenvalue weighted by Crippen LogP contribution is -2.30. The van der Waals surface area contributed by atoms with Crippen LogP contribution in [-0.2, 0) is 6.42 Å². The zero-order valence-corrected chi connectivity index (χ0v) is 13.1. The Morgan fingerprint density at radius 3 is 2.19 bits per heavy atom. The van der Waals surface area contributed by atoms with Gasteiger partial charge < -0.3 is 0 Å². The van der Waals surface area contributed by atoms with Crippen molar-refractivity contribution in [2.75, 3.05) is 0 Å². The van der Waals surface area contributed by atoms with Gasteiger partial charge in [-0.3, -0.25) is 11.3 Å². The maximum atomic E-state index is 14.1. The van der Waals surface area contributed by atoms with E-state index in [-0.39, 0.29) is 11.9 Å². The Hall–Kier alpha value is -1.71. The second kappa shape index (κ2) is 6.37. The monoisotopic (exact) mass is 286 g/mol. The molecule has 2 aromatic rings. The highest BCUT2D eigenvalue weighted by molar-refractivity contribution is 5.39. The number of nitrogens with one attached hydrogen (secondary N) is 1. The van der Waals surface area contributed by atoms with E-state index in [2.05, 4.69) is 38.3 Å². The molecule has 0 spiro atoms. The second-order valence-electron chi connectivity index (χ2n) is 5.83. The predicted molar refractivity (Wildman–Crippen MR) is 85.6 cm³/mol. The van der Waals surface area contributed by atoms with Crippen LogP contribution < -0.4 is 11.3 Å². The van der Waals surface area contributed by atoms with E-state index in [1.807, 2.05) is 13.0 Å². The van der Waals surface area contributed by atoms with Crippen LogP contribution >= 0.6 is 0 Å². The SMILES string of the molecule is Cc1cc(C)c(CC(NN)c2cc(C)ccc2F)c(C)c1. The van der Waals surface area contributed by atoms with Crippen molar-refractivity contribution in [1.82, 2.24) is 5.43 Å². The van der Waals surface area contributed by atoms with Gasteiger partial charge in [0, 0.05) is 5.56 Å². The van der Waals surface area contributed by atoms with Crippen molar-refractivity contribution in [2.24, 2.45) is 5.84 Å². The van der Waals surface area contributed by atoms with Gasteiger partial charge in [0.1, 0.15) is 5.82 Å². The first kappa shape index (κ1) is 15.7. The van der Waals surface area contributed by atoms with Crippen molar-refractivity contribution in [2.45, 2.75) is 40.2 Å². The fourth-order valence-corrected chi connectivity index (χ4v) is 2.92. The minimum absolute atomic E-state index is 0.217. The molecule has 0 aliphatic rings. The van der Waals surface area contributed by atoms with E-state index in [1.54, 1.807) is 6.07 Å². The van der Waals surface area contributed by atoms with Gasteiger partial charge >= 0.3 is 0 Å². The average molecular weight is 286 g/mol. The highest BCUT2D eigenvalue weighted by atomic mass is 19.1. The fraction of sp³-hybridized carbons (Fsp3) is 0.333. The maximum Gasteiger partial charge on any atom is 0.128 e. The first-order chi connectivity index (χ1) is 9.92. The summed E-state index contributed by atoms with van der Waals surface area (Å²) in [5.74, 6) is 5.47. The minimum atomic E-state index is -0.231. The molecule has 3 heteroatoms. The molecule has 2 nitrogen and oxygen atoms in total. The molecule has 2 aromatic carbocycles. The number of hydrogen-bond acceptors (Lipinski definition) is 2. The summed E-state index contributed by atoms with van der Waals surface area (Å²) < 4.78 is 14.1. The van der Waals surface area contributed by atoms with E-state index in [4.69, 9.17) is 5.84 Å². The molecular weight excluding hydrogens is 263 g/mol. The van der Waals surface area contributed by atoms with E-state index in [9.17, 15) is 4.39 Å². The summed E-state index contributed by atoms with van der Waals surface area (Å²) in [7, 11) is 0. The van der Waals surface area contributed by atoms with E-state index in [1.165, 1.54) is 28.3 Å². The van der Waals surface area contributed by atoms with Gasteiger partial charge in [-0.15, -0.1) is 0 Å². The molecule has 1 unspecified atom stereocenters. The first-order valence-corrected chi connectivity index (χ1v) is 7.21. The Balaban J connectivity index is 2.38. The van der Waals surface area contributed by atoms with E-state index in [0.717, 1.165) is 5.56 Å². The van der Waals surface area contributed by atoms with Gasteiger partial charge in [0.15, 0.2) is 0 Å². The van der Waals surface area contributed by atoms with E-state index in [0.29, 0.717) is 12.0 Å². The third kappa shape index (κ3) is 3.49. The summed E-state index contributed by atoms with van der Waals surface area (Å²) in [6, 6.07) is 9.22. The number of hydrazine groups is 1. The molecule has 0 heterocycles. The van der Waals surface area contributed by atoms with E-state index >= 15 is 0 Å². The van der Waals surface area contributed by atoms with Crippen molar-refractivity contribution in [3.05, 3.63) is 69.5 Å². The van der Waals surface area contributed by atoms with Crippen LogP contribution in [0.15, 0.2) is 30.3 Å². The van der Waals surface area contributed by atoms with Gasteiger partial charge in [0.25, 0.3) is 0 Å². The highest BCUT2D eigenvalue weighted by Gasteiger charge is 2.17. The first-order valence-electron chi connectivity index (χ1n) is 7.21. The van der Waals surface area contributed by atoms with Gasteiger partial charge in [-0.1, -0.05) is 35.4 Å². The Morgan fingerprint density at radius 1 is 1.00 bits per heavy atom. The van der Waals surface area contributed by atoms with Gasteiger partial charge in [-0.05, 0) is 56.9 Å². The molecule has 3 N–H and O–H groups in total. The van der Waals surface area contributed by atoms with Gasteiger partial charge in [0.2, 0.25) is 0 Å². The van der Waals surface area contributed by atoms with Crippen LogP contribution in [0.2, 0.25) is 0 Å². The van der Waals surface area contributed by atoms with Gasteiger partial charge in [-0.2, -0.15) is 0 Å². The van der Waals surface area contributed by atoms with Crippen molar-refractivity contribution in [1.29, 1.82) is 0 Å². The van der Waals surface area contributed by atoms with E-state index < -0.39 is 0 Å². The zero-order valence-electron chi connectivity index (χ0n) is 13.1. The molecule has 0 fully saturated rings. The number of hydrogen-bond donors (Lipinski definition) is 2. The quantitative estimate of drug-likeness (QED) is 0.662. The summed E-state index contributed by atoms with van der Waals surface area (Å²) in [6.45, 7) is 8.23. The van der Waals surface area contributed by atoms with Crippen LogP contribution in [0.3, 0.4) is 0 Å². The molecule has 112 valence electrons. The number of nitrogens with two attached hydrogens (primary N) is 1. The molecule has 0 aromatic heterocycles. The Kier molecular flexibility index (Phi) is 4.76. The van der Waals surface area contributed by atoms with Crippen LogP contribution in [0.4, 0.5) is 4.39 Å². The van der Waals surface area contributed by atoms with Crippen LogP contribution in [-0.4, -0.2) is 0 Å². The third-order valence-electron chi connectivity index (χ3n) is 3.98. The molecular formula is C18H23FN2.